The molecule has 126 valence electrons. The van der Waals surface area contributed by atoms with E-state index in [9.17, 15) is 0 Å². The Morgan fingerprint density at radius 2 is 1.78 bits per heavy atom. The number of methoxy groups -OCH3 is 1. The van der Waals surface area contributed by atoms with Crippen LogP contribution in [0.1, 0.15) is 43.4 Å². The Hall–Kier alpha value is -1.29. The molecule has 1 aliphatic rings. The fraction of sp³-hybridized carbons (Fsp3) is 0.389. The van der Waals surface area contributed by atoms with E-state index in [1.165, 1.54) is 11.1 Å². The number of halogens is 2. The maximum Gasteiger partial charge on any atom is 0.119 e. The lowest BCUT2D eigenvalue weighted by atomic mass is 9.83. The molecule has 2 unspecified atom stereocenters. The fourth-order valence-corrected chi connectivity index (χ4v) is 3.37. The van der Waals surface area contributed by atoms with Crippen molar-refractivity contribution in [1.29, 1.82) is 0 Å². The van der Waals surface area contributed by atoms with Crippen LogP contribution in [0.4, 0.5) is 0 Å². The molecule has 0 aliphatic carbocycles. The lowest BCUT2D eigenvalue weighted by Gasteiger charge is -2.27. The SMILES string of the molecule is COc1cccc(C2CC(c3ccncc3)C(C)(C)N2)c1.Cl.Cl. The number of hydrogen-bond donors (Lipinski definition) is 1. The molecule has 23 heavy (non-hydrogen) atoms. The number of rotatable bonds is 3. The third-order valence-electron chi connectivity index (χ3n) is 4.49. The molecule has 5 heteroatoms. The highest BCUT2D eigenvalue weighted by Gasteiger charge is 2.41. The highest BCUT2D eigenvalue weighted by molar-refractivity contribution is 5.85. The van der Waals surface area contributed by atoms with E-state index >= 15 is 0 Å². The van der Waals surface area contributed by atoms with Gasteiger partial charge < -0.3 is 10.1 Å². The van der Waals surface area contributed by atoms with Gasteiger partial charge in [-0.25, -0.2) is 0 Å². The molecule has 0 amide bonds. The average molecular weight is 355 g/mol. The summed E-state index contributed by atoms with van der Waals surface area (Å²) in [6, 6.07) is 13.0. The van der Waals surface area contributed by atoms with Gasteiger partial charge in [0.1, 0.15) is 5.75 Å². The van der Waals surface area contributed by atoms with E-state index in [0.29, 0.717) is 12.0 Å². The minimum Gasteiger partial charge on any atom is -0.497 e. The van der Waals surface area contributed by atoms with Crippen LogP contribution in [-0.4, -0.2) is 17.6 Å². The van der Waals surface area contributed by atoms with E-state index < -0.39 is 0 Å². The summed E-state index contributed by atoms with van der Waals surface area (Å²) < 4.78 is 5.34. The first kappa shape index (κ1) is 19.8. The Morgan fingerprint density at radius 1 is 1.09 bits per heavy atom. The Balaban J connectivity index is 0.00000132. The molecular formula is C18H24Cl2N2O. The van der Waals surface area contributed by atoms with Gasteiger partial charge in [-0.05, 0) is 55.7 Å². The van der Waals surface area contributed by atoms with Gasteiger partial charge in [0.15, 0.2) is 0 Å². The molecule has 1 N–H and O–H groups in total. The van der Waals surface area contributed by atoms with E-state index in [1.54, 1.807) is 7.11 Å². The molecular weight excluding hydrogens is 331 g/mol. The van der Waals surface area contributed by atoms with E-state index in [-0.39, 0.29) is 30.4 Å². The summed E-state index contributed by atoms with van der Waals surface area (Å²) in [5.74, 6) is 1.40. The number of pyridine rings is 1. The van der Waals surface area contributed by atoms with Gasteiger partial charge in [0.05, 0.1) is 7.11 Å². The molecule has 2 aromatic rings. The van der Waals surface area contributed by atoms with Crippen molar-refractivity contribution in [3.8, 4) is 5.75 Å². The predicted molar refractivity (Wildman–Crippen MR) is 99.0 cm³/mol. The molecule has 0 radical (unpaired) electrons. The standard InChI is InChI=1S/C18H22N2O.2ClH/c1-18(2)16(13-7-9-19-10-8-13)12-17(20-18)14-5-4-6-15(11-14)21-3;;/h4-11,16-17,20H,12H2,1-3H3;2*1H. The molecule has 0 bridgehead atoms. The first-order chi connectivity index (χ1) is 10.1. The molecule has 1 saturated heterocycles. The maximum absolute atomic E-state index is 5.34. The van der Waals surface area contributed by atoms with Crippen LogP contribution >= 0.6 is 24.8 Å². The number of nitrogens with one attached hydrogen (secondary N) is 1. The van der Waals surface area contributed by atoms with Gasteiger partial charge >= 0.3 is 0 Å². The van der Waals surface area contributed by atoms with Gasteiger partial charge in [0.2, 0.25) is 0 Å². The number of ether oxygens (including phenoxy) is 1. The van der Waals surface area contributed by atoms with Crippen molar-refractivity contribution in [2.45, 2.75) is 37.8 Å². The average Bonchev–Trinajstić information content (AvgIpc) is 2.84. The van der Waals surface area contributed by atoms with Crippen molar-refractivity contribution in [1.82, 2.24) is 10.3 Å². The van der Waals surface area contributed by atoms with Crippen molar-refractivity contribution in [2.24, 2.45) is 0 Å². The summed E-state index contributed by atoms with van der Waals surface area (Å²) in [4.78, 5) is 4.13. The minimum absolute atomic E-state index is 0. The van der Waals surface area contributed by atoms with Gasteiger partial charge in [0, 0.05) is 29.9 Å². The van der Waals surface area contributed by atoms with Crippen molar-refractivity contribution in [3.05, 3.63) is 59.9 Å². The molecule has 0 spiro atoms. The lowest BCUT2D eigenvalue weighted by Crippen LogP contribution is -2.37. The molecule has 1 aliphatic heterocycles. The highest BCUT2D eigenvalue weighted by Crippen LogP contribution is 2.43. The third kappa shape index (κ3) is 4.17. The van der Waals surface area contributed by atoms with E-state index in [2.05, 4.69) is 54.5 Å². The van der Waals surface area contributed by atoms with E-state index in [0.717, 1.165) is 12.2 Å². The second kappa shape index (κ2) is 8.00. The summed E-state index contributed by atoms with van der Waals surface area (Å²) in [6.45, 7) is 4.55. The monoisotopic (exact) mass is 354 g/mol. The first-order valence-electron chi connectivity index (χ1n) is 7.42. The molecule has 0 saturated carbocycles. The molecule has 3 rings (SSSR count). The third-order valence-corrected chi connectivity index (χ3v) is 4.49. The van der Waals surface area contributed by atoms with Crippen molar-refractivity contribution < 1.29 is 4.74 Å². The van der Waals surface area contributed by atoms with Crippen molar-refractivity contribution in [3.63, 3.8) is 0 Å². The maximum atomic E-state index is 5.34. The zero-order valence-corrected chi connectivity index (χ0v) is 15.3. The second-order valence-corrected chi connectivity index (χ2v) is 6.26. The normalized spacial score (nSPS) is 21.9. The van der Waals surface area contributed by atoms with Gasteiger partial charge in [-0.1, -0.05) is 12.1 Å². The second-order valence-electron chi connectivity index (χ2n) is 6.26. The smallest absolute Gasteiger partial charge is 0.119 e. The Bertz CT molecular complexity index is 619. The van der Waals surface area contributed by atoms with Crippen LogP contribution in [0.3, 0.4) is 0 Å². The first-order valence-corrected chi connectivity index (χ1v) is 7.42. The summed E-state index contributed by atoms with van der Waals surface area (Å²) in [5, 5.41) is 3.77. The zero-order valence-electron chi connectivity index (χ0n) is 13.7. The van der Waals surface area contributed by atoms with Gasteiger partial charge in [-0.15, -0.1) is 24.8 Å². The number of aromatic nitrogens is 1. The van der Waals surface area contributed by atoms with Crippen LogP contribution in [0.2, 0.25) is 0 Å². The summed E-state index contributed by atoms with van der Waals surface area (Å²) >= 11 is 0. The fourth-order valence-electron chi connectivity index (χ4n) is 3.37. The quantitative estimate of drug-likeness (QED) is 0.878. The molecule has 1 aromatic carbocycles. The van der Waals surface area contributed by atoms with Crippen molar-refractivity contribution >= 4 is 24.8 Å². The van der Waals surface area contributed by atoms with Crippen LogP contribution in [0.15, 0.2) is 48.8 Å². The Morgan fingerprint density at radius 3 is 2.43 bits per heavy atom. The van der Waals surface area contributed by atoms with Gasteiger partial charge in [-0.2, -0.15) is 0 Å². The van der Waals surface area contributed by atoms with Gasteiger partial charge in [0.25, 0.3) is 0 Å². The molecule has 2 atom stereocenters. The van der Waals surface area contributed by atoms with Crippen molar-refractivity contribution in [2.75, 3.05) is 7.11 Å². The Labute approximate surface area is 150 Å². The molecule has 1 aromatic heterocycles. The largest absolute Gasteiger partial charge is 0.497 e. The van der Waals surface area contributed by atoms with E-state index in [1.807, 2.05) is 18.5 Å². The summed E-state index contributed by atoms with van der Waals surface area (Å²) in [6.07, 6.45) is 4.85. The topological polar surface area (TPSA) is 34.1 Å². The molecule has 2 heterocycles. The predicted octanol–water partition coefficient (Wildman–Crippen LogP) is 4.53. The molecule has 1 fully saturated rings. The number of nitrogens with zero attached hydrogens (tertiary/aromatic N) is 1. The van der Waals surface area contributed by atoms with Gasteiger partial charge in [-0.3, -0.25) is 4.98 Å². The van der Waals surface area contributed by atoms with Crippen LogP contribution in [0.5, 0.6) is 5.75 Å². The van der Waals surface area contributed by atoms with Crippen LogP contribution < -0.4 is 10.1 Å². The summed E-state index contributed by atoms with van der Waals surface area (Å²) in [5.41, 5.74) is 2.71. The minimum atomic E-state index is 0. The highest BCUT2D eigenvalue weighted by atomic mass is 35.5. The summed E-state index contributed by atoms with van der Waals surface area (Å²) in [7, 11) is 1.71. The van der Waals surface area contributed by atoms with Crippen LogP contribution in [-0.2, 0) is 0 Å². The van der Waals surface area contributed by atoms with E-state index in [4.69, 9.17) is 4.74 Å². The Kier molecular flexibility index (Phi) is 6.87. The van der Waals surface area contributed by atoms with Crippen LogP contribution in [0.25, 0.3) is 0 Å². The molecule has 3 nitrogen and oxygen atoms in total. The number of benzene rings is 1. The van der Waals surface area contributed by atoms with Crippen LogP contribution in [0, 0.1) is 0 Å². The zero-order chi connectivity index (χ0) is 14.9. The lowest BCUT2D eigenvalue weighted by molar-refractivity contribution is 0.395. The number of hydrogen-bond acceptors (Lipinski definition) is 3.